The first-order valence-electron chi connectivity index (χ1n) is 7.46. The molecule has 0 aromatic heterocycles. The van der Waals surface area contributed by atoms with Gasteiger partial charge in [-0.25, -0.2) is 4.79 Å². The van der Waals surface area contributed by atoms with Crippen molar-refractivity contribution < 1.29 is 14.3 Å². The molecule has 0 heterocycles. The minimum Gasteiger partial charge on any atom is -0.444 e. The Balaban J connectivity index is 2.03. The van der Waals surface area contributed by atoms with E-state index in [1.165, 1.54) is 0 Å². The summed E-state index contributed by atoms with van der Waals surface area (Å²) in [4.78, 5) is 24.1. The average Bonchev–Trinajstić information content (AvgIpc) is 2.18. The van der Waals surface area contributed by atoms with Crippen molar-refractivity contribution in [3.8, 4) is 0 Å². The molecule has 1 amide bonds. The van der Waals surface area contributed by atoms with Gasteiger partial charge in [0.1, 0.15) is 11.4 Å². The van der Waals surface area contributed by atoms with Crippen LogP contribution in [0, 0.1) is 17.3 Å². The van der Waals surface area contributed by atoms with Crippen LogP contribution in [0.15, 0.2) is 0 Å². The zero-order valence-electron chi connectivity index (χ0n) is 13.5. The summed E-state index contributed by atoms with van der Waals surface area (Å²) in [6.07, 6.45) is 2.01. The molecule has 114 valence electrons. The molecule has 0 aromatic carbocycles. The third-order valence-corrected chi connectivity index (χ3v) is 4.57. The minimum absolute atomic E-state index is 0.0372. The summed E-state index contributed by atoms with van der Waals surface area (Å²) < 4.78 is 5.33. The van der Waals surface area contributed by atoms with Gasteiger partial charge < -0.3 is 10.1 Å². The standard InChI is InChI=1S/C16H27NO3/c1-14(2,3)20-13(19)17-16(6)7-10-11(16)8-15(4,5)9-12(10)18/h10-11H,7-9H2,1-6H3,(H,17,19)/t10-,11-,16+/m1/s1. The molecule has 2 aliphatic rings. The molecular weight excluding hydrogens is 254 g/mol. The van der Waals surface area contributed by atoms with Gasteiger partial charge in [0.15, 0.2) is 0 Å². The van der Waals surface area contributed by atoms with Gasteiger partial charge in [0.25, 0.3) is 0 Å². The fourth-order valence-corrected chi connectivity index (χ4v) is 3.69. The Morgan fingerprint density at radius 3 is 2.40 bits per heavy atom. The van der Waals surface area contributed by atoms with Crippen LogP contribution in [-0.2, 0) is 9.53 Å². The topological polar surface area (TPSA) is 55.4 Å². The molecule has 1 N–H and O–H groups in total. The molecule has 2 rings (SSSR count). The molecule has 0 spiro atoms. The lowest BCUT2D eigenvalue weighted by molar-refractivity contribution is -0.144. The molecule has 0 aromatic rings. The quantitative estimate of drug-likeness (QED) is 0.802. The third kappa shape index (κ3) is 2.99. The number of amides is 1. The lowest BCUT2D eigenvalue weighted by Gasteiger charge is -2.58. The molecule has 2 fully saturated rings. The van der Waals surface area contributed by atoms with Gasteiger partial charge >= 0.3 is 6.09 Å². The maximum Gasteiger partial charge on any atom is 0.408 e. The van der Waals surface area contributed by atoms with E-state index in [9.17, 15) is 9.59 Å². The molecule has 3 atom stereocenters. The molecule has 4 heteroatoms. The Morgan fingerprint density at radius 1 is 1.25 bits per heavy atom. The zero-order chi connectivity index (χ0) is 15.3. The normalized spacial score (nSPS) is 35.8. The zero-order valence-corrected chi connectivity index (χ0v) is 13.5. The number of carbonyl (C=O) groups excluding carboxylic acids is 2. The second-order valence-electron chi connectivity index (χ2n) is 8.47. The molecule has 0 radical (unpaired) electrons. The van der Waals surface area contributed by atoms with Gasteiger partial charge in [0.2, 0.25) is 0 Å². The van der Waals surface area contributed by atoms with Crippen LogP contribution in [0.5, 0.6) is 0 Å². The van der Waals surface area contributed by atoms with Crippen LogP contribution in [0.2, 0.25) is 0 Å². The molecule has 0 bridgehead atoms. The van der Waals surface area contributed by atoms with Crippen LogP contribution in [0.1, 0.15) is 60.8 Å². The molecule has 2 saturated carbocycles. The van der Waals surface area contributed by atoms with Gasteiger partial charge in [-0.2, -0.15) is 0 Å². The van der Waals surface area contributed by atoms with E-state index in [1.54, 1.807) is 0 Å². The minimum atomic E-state index is -0.495. The first-order chi connectivity index (χ1) is 8.92. The Hall–Kier alpha value is -1.06. The molecule has 0 aliphatic heterocycles. The average molecular weight is 281 g/mol. The van der Waals surface area contributed by atoms with Crippen LogP contribution in [-0.4, -0.2) is 23.0 Å². The van der Waals surface area contributed by atoms with E-state index in [-0.39, 0.29) is 28.9 Å². The highest BCUT2D eigenvalue weighted by atomic mass is 16.6. The number of hydrogen-bond acceptors (Lipinski definition) is 3. The van der Waals surface area contributed by atoms with Crippen LogP contribution in [0.4, 0.5) is 4.79 Å². The summed E-state index contributed by atoms with van der Waals surface area (Å²) in [6, 6.07) is 0. The number of hydrogen-bond donors (Lipinski definition) is 1. The fraction of sp³-hybridized carbons (Fsp3) is 0.875. The smallest absolute Gasteiger partial charge is 0.408 e. The summed E-state index contributed by atoms with van der Waals surface area (Å²) in [5.41, 5.74) is -0.763. The van der Waals surface area contributed by atoms with Crippen molar-refractivity contribution in [2.75, 3.05) is 0 Å². The number of fused-ring (bicyclic) bond motifs is 1. The number of alkyl carbamates (subject to hydrolysis) is 1. The highest BCUT2D eigenvalue weighted by Gasteiger charge is 2.58. The molecule has 20 heavy (non-hydrogen) atoms. The van der Waals surface area contributed by atoms with Crippen molar-refractivity contribution in [3.05, 3.63) is 0 Å². The third-order valence-electron chi connectivity index (χ3n) is 4.57. The SMILES string of the molecule is CC1(C)CC(=O)[C@@H]2C[C@](C)(NC(=O)OC(C)(C)C)[C@@H]2C1. The number of Topliss-reactive ketones (excluding diaryl/α,β-unsaturated/α-hetero) is 1. The Labute approximate surface area is 121 Å². The highest BCUT2D eigenvalue weighted by molar-refractivity contribution is 5.85. The van der Waals surface area contributed by atoms with Crippen molar-refractivity contribution in [1.29, 1.82) is 0 Å². The maximum atomic E-state index is 12.1. The Bertz CT molecular complexity index is 435. The van der Waals surface area contributed by atoms with Crippen molar-refractivity contribution in [2.45, 2.75) is 71.9 Å². The van der Waals surface area contributed by atoms with E-state index in [0.717, 1.165) is 12.8 Å². The molecule has 2 aliphatic carbocycles. The summed E-state index contributed by atoms with van der Waals surface area (Å²) in [5.74, 6) is 0.726. The number of rotatable bonds is 1. The van der Waals surface area contributed by atoms with E-state index >= 15 is 0 Å². The van der Waals surface area contributed by atoms with Crippen LogP contribution < -0.4 is 5.32 Å². The monoisotopic (exact) mass is 281 g/mol. The van der Waals surface area contributed by atoms with E-state index in [0.29, 0.717) is 12.2 Å². The predicted octanol–water partition coefficient (Wildman–Crippen LogP) is 3.30. The second-order valence-corrected chi connectivity index (χ2v) is 8.47. The van der Waals surface area contributed by atoms with Gasteiger partial charge in [-0.15, -0.1) is 0 Å². The second kappa shape index (κ2) is 4.47. The number of ether oxygens (including phenoxy) is 1. The Kier molecular flexibility index (Phi) is 3.43. The van der Waals surface area contributed by atoms with Crippen LogP contribution in [0.25, 0.3) is 0 Å². The Morgan fingerprint density at radius 2 is 1.85 bits per heavy atom. The number of carbonyl (C=O) groups is 2. The molecule has 0 saturated heterocycles. The van der Waals surface area contributed by atoms with Crippen molar-refractivity contribution in [2.24, 2.45) is 17.3 Å². The van der Waals surface area contributed by atoms with Crippen molar-refractivity contribution in [1.82, 2.24) is 5.32 Å². The van der Waals surface area contributed by atoms with E-state index in [4.69, 9.17) is 4.74 Å². The summed E-state index contributed by atoms with van der Waals surface area (Å²) >= 11 is 0. The summed E-state index contributed by atoms with van der Waals surface area (Å²) in [5, 5.41) is 2.99. The summed E-state index contributed by atoms with van der Waals surface area (Å²) in [6.45, 7) is 11.9. The van der Waals surface area contributed by atoms with Crippen molar-refractivity contribution >= 4 is 11.9 Å². The van der Waals surface area contributed by atoms with Crippen molar-refractivity contribution in [3.63, 3.8) is 0 Å². The van der Waals surface area contributed by atoms with E-state index in [2.05, 4.69) is 19.2 Å². The largest absolute Gasteiger partial charge is 0.444 e. The van der Waals surface area contributed by atoms with Gasteiger partial charge in [-0.05, 0) is 51.9 Å². The van der Waals surface area contributed by atoms with E-state index in [1.807, 2.05) is 27.7 Å². The van der Waals surface area contributed by atoms with Gasteiger partial charge in [0, 0.05) is 17.9 Å². The molecule has 4 nitrogen and oxygen atoms in total. The molecular formula is C16H27NO3. The predicted molar refractivity (Wildman–Crippen MR) is 77.4 cm³/mol. The first-order valence-corrected chi connectivity index (χ1v) is 7.46. The summed E-state index contributed by atoms with van der Waals surface area (Å²) in [7, 11) is 0. The number of ketones is 1. The van der Waals surface area contributed by atoms with E-state index < -0.39 is 5.60 Å². The van der Waals surface area contributed by atoms with Crippen LogP contribution >= 0.6 is 0 Å². The van der Waals surface area contributed by atoms with Gasteiger partial charge in [0.05, 0.1) is 0 Å². The fourth-order valence-electron chi connectivity index (χ4n) is 3.69. The maximum absolute atomic E-state index is 12.1. The number of nitrogens with one attached hydrogen (secondary N) is 1. The highest BCUT2D eigenvalue weighted by Crippen LogP contribution is 2.54. The first kappa shape index (κ1) is 15.3. The van der Waals surface area contributed by atoms with Gasteiger partial charge in [-0.1, -0.05) is 13.8 Å². The lowest BCUT2D eigenvalue weighted by Crippen LogP contribution is -2.67. The molecule has 0 unspecified atom stereocenters. The van der Waals surface area contributed by atoms with Gasteiger partial charge in [-0.3, -0.25) is 4.79 Å². The van der Waals surface area contributed by atoms with Crippen LogP contribution in [0.3, 0.4) is 0 Å². The lowest BCUT2D eigenvalue weighted by atomic mass is 9.50.